The summed E-state index contributed by atoms with van der Waals surface area (Å²) in [6, 6.07) is 6.82. The molecule has 1 aliphatic heterocycles. The van der Waals surface area contributed by atoms with E-state index in [2.05, 4.69) is 0 Å². The molecule has 1 heterocycles. The van der Waals surface area contributed by atoms with Crippen LogP contribution in [-0.4, -0.2) is 52.0 Å². The van der Waals surface area contributed by atoms with Gasteiger partial charge in [0.25, 0.3) is 0 Å². The molecule has 1 aromatic carbocycles. The lowest BCUT2D eigenvalue weighted by atomic mass is 9.79. The zero-order valence-corrected chi connectivity index (χ0v) is 18.1. The van der Waals surface area contributed by atoms with Gasteiger partial charge in [0.05, 0.1) is 19.1 Å². The number of fused-ring (bicyclic) bond motifs is 3. The first-order valence-electron chi connectivity index (χ1n) is 9.86. The number of aryl methyl sites for hydroxylation is 1. The second-order valence-corrected chi connectivity index (χ2v) is 10.2. The van der Waals surface area contributed by atoms with Gasteiger partial charge in [-0.25, -0.2) is 8.42 Å². The van der Waals surface area contributed by atoms with Crippen molar-refractivity contribution in [2.45, 2.75) is 24.7 Å². The van der Waals surface area contributed by atoms with Crippen LogP contribution < -0.4 is 0 Å². The zero-order valence-electron chi connectivity index (χ0n) is 17.3. The Morgan fingerprint density at radius 1 is 1.00 bits per heavy atom. The van der Waals surface area contributed by atoms with Crippen molar-refractivity contribution in [1.82, 2.24) is 4.31 Å². The molecule has 30 heavy (non-hydrogen) atoms. The van der Waals surface area contributed by atoms with E-state index >= 15 is 0 Å². The van der Waals surface area contributed by atoms with Gasteiger partial charge in [0.15, 0.2) is 5.41 Å². The maximum atomic E-state index is 13.2. The molecule has 2 fully saturated rings. The van der Waals surface area contributed by atoms with E-state index in [0.29, 0.717) is 13.1 Å². The monoisotopic (exact) mass is 431 g/mol. The van der Waals surface area contributed by atoms with E-state index in [1.165, 1.54) is 18.5 Å². The second kappa shape index (κ2) is 7.35. The van der Waals surface area contributed by atoms with Crippen LogP contribution in [0.25, 0.3) is 0 Å². The first-order valence-corrected chi connectivity index (χ1v) is 11.3. The summed E-state index contributed by atoms with van der Waals surface area (Å²) in [4.78, 5) is 25.3. The number of esters is 2. The topological polar surface area (TPSA) is 90.0 Å². The van der Waals surface area contributed by atoms with Crippen molar-refractivity contribution < 1.29 is 27.5 Å². The van der Waals surface area contributed by atoms with Crippen LogP contribution in [0, 0.1) is 24.2 Å². The van der Waals surface area contributed by atoms with Gasteiger partial charge in [0.2, 0.25) is 10.0 Å². The molecule has 160 valence electrons. The van der Waals surface area contributed by atoms with Crippen LogP contribution in [0.3, 0.4) is 0 Å². The van der Waals surface area contributed by atoms with Crippen molar-refractivity contribution >= 4 is 22.0 Å². The fraction of sp³-hybridized carbons (Fsp3) is 0.455. The number of nitrogens with zero attached hydrogens (tertiary/aromatic N) is 1. The number of hydrogen-bond acceptors (Lipinski definition) is 6. The Morgan fingerprint density at radius 2 is 1.60 bits per heavy atom. The first-order chi connectivity index (χ1) is 14.2. The van der Waals surface area contributed by atoms with Crippen LogP contribution in [0.2, 0.25) is 0 Å². The van der Waals surface area contributed by atoms with Crippen molar-refractivity contribution in [3.05, 3.63) is 53.1 Å². The largest absolute Gasteiger partial charge is 0.468 e. The van der Waals surface area contributed by atoms with Gasteiger partial charge in [-0.1, -0.05) is 41.0 Å². The van der Waals surface area contributed by atoms with Gasteiger partial charge in [-0.2, -0.15) is 4.31 Å². The third-order valence-electron chi connectivity index (χ3n) is 6.59. The zero-order chi connectivity index (χ0) is 21.7. The third-order valence-corrected chi connectivity index (χ3v) is 8.42. The van der Waals surface area contributed by atoms with E-state index in [9.17, 15) is 18.0 Å². The Morgan fingerprint density at radius 3 is 2.20 bits per heavy atom. The molecule has 2 atom stereocenters. The molecule has 0 amide bonds. The highest BCUT2D eigenvalue weighted by molar-refractivity contribution is 7.89. The number of ether oxygens (including phenoxy) is 2. The van der Waals surface area contributed by atoms with Crippen LogP contribution in [0.1, 0.15) is 18.4 Å². The molecule has 2 aliphatic carbocycles. The molecular formula is C22H25NO6S. The molecule has 0 spiro atoms. The Hall–Kier alpha value is -2.45. The third kappa shape index (κ3) is 3.09. The van der Waals surface area contributed by atoms with Crippen molar-refractivity contribution in [3.63, 3.8) is 0 Å². The van der Waals surface area contributed by atoms with E-state index in [-0.39, 0.29) is 29.6 Å². The van der Waals surface area contributed by atoms with Crippen LogP contribution in [0.5, 0.6) is 0 Å². The van der Waals surface area contributed by atoms with Crippen molar-refractivity contribution in [3.8, 4) is 0 Å². The van der Waals surface area contributed by atoms with E-state index in [1.807, 2.05) is 19.1 Å². The normalized spacial score (nSPS) is 25.0. The number of allylic oxidation sites excluding steroid dienone is 3. The highest BCUT2D eigenvalue weighted by Gasteiger charge is 2.58. The fourth-order valence-corrected chi connectivity index (χ4v) is 6.42. The van der Waals surface area contributed by atoms with E-state index in [4.69, 9.17) is 9.47 Å². The summed E-state index contributed by atoms with van der Waals surface area (Å²) < 4.78 is 37.7. The van der Waals surface area contributed by atoms with E-state index in [1.54, 1.807) is 24.3 Å². The first kappa shape index (κ1) is 20.8. The SMILES string of the molecule is COC(=O)C1(C(=O)OC)CC2=CC=C3CN(S(=O)(=O)c4ccc(C)cc4)C[C@@H]3[C@H]2C1. The summed E-state index contributed by atoms with van der Waals surface area (Å²) >= 11 is 0. The Kier molecular flexibility index (Phi) is 5.10. The van der Waals surface area contributed by atoms with E-state index < -0.39 is 27.4 Å². The molecular weight excluding hydrogens is 406 g/mol. The van der Waals surface area contributed by atoms with Gasteiger partial charge >= 0.3 is 11.9 Å². The van der Waals surface area contributed by atoms with Crippen molar-refractivity contribution in [2.24, 2.45) is 17.3 Å². The summed E-state index contributed by atoms with van der Waals surface area (Å²) in [6.45, 7) is 2.54. The molecule has 0 radical (unpaired) electrons. The molecule has 0 N–H and O–H groups in total. The van der Waals surface area contributed by atoms with Crippen LogP contribution >= 0.6 is 0 Å². The molecule has 1 aromatic rings. The standard InChI is InChI=1S/C22H25NO6S/c1-14-4-8-17(9-5-14)30(26,27)23-12-16-7-6-15-10-22(20(24)28-2,21(25)29-3)11-18(15)19(16)13-23/h4-9,18-19H,10-13H2,1-3H3/t18-,19-/m0/s1. The molecule has 4 rings (SSSR count). The number of carbonyl (C=O) groups excluding carboxylic acids is 2. The highest BCUT2D eigenvalue weighted by Crippen LogP contribution is 2.54. The summed E-state index contributed by atoms with van der Waals surface area (Å²) in [7, 11) is -1.10. The molecule has 3 aliphatic rings. The lowest BCUT2D eigenvalue weighted by molar-refractivity contribution is -0.168. The molecule has 0 aromatic heterocycles. The molecule has 8 heteroatoms. The summed E-state index contributed by atoms with van der Waals surface area (Å²) in [5, 5.41) is 0. The Labute approximate surface area is 176 Å². The smallest absolute Gasteiger partial charge is 0.323 e. The average molecular weight is 432 g/mol. The molecule has 0 bridgehead atoms. The van der Waals surface area contributed by atoms with Gasteiger partial charge in [-0.15, -0.1) is 0 Å². The number of methoxy groups -OCH3 is 2. The molecule has 1 saturated heterocycles. The van der Waals surface area contributed by atoms with Gasteiger partial charge in [-0.3, -0.25) is 9.59 Å². The van der Waals surface area contributed by atoms with Crippen LogP contribution in [0.4, 0.5) is 0 Å². The minimum Gasteiger partial charge on any atom is -0.468 e. The Balaban J connectivity index is 1.61. The Bertz CT molecular complexity index is 1040. The second-order valence-electron chi connectivity index (χ2n) is 8.25. The maximum Gasteiger partial charge on any atom is 0.323 e. The summed E-state index contributed by atoms with van der Waals surface area (Å²) in [5.74, 6) is -1.37. The number of sulfonamides is 1. The minimum atomic E-state index is -3.63. The molecule has 0 unspecified atom stereocenters. The van der Waals surface area contributed by atoms with Gasteiger partial charge in [-0.05, 0) is 37.8 Å². The highest BCUT2D eigenvalue weighted by atomic mass is 32.2. The van der Waals surface area contributed by atoms with Gasteiger partial charge < -0.3 is 9.47 Å². The quantitative estimate of drug-likeness (QED) is 0.536. The minimum absolute atomic E-state index is 0.0681. The average Bonchev–Trinajstić information content (AvgIpc) is 3.35. The van der Waals surface area contributed by atoms with Crippen LogP contribution in [0.15, 0.2) is 52.5 Å². The lowest BCUT2D eigenvalue weighted by Crippen LogP contribution is -2.39. The number of carbonyl (C=O) groups is 2. The van der Waals surface area contributed by atoms with Gasteiger partial charge in [0.1, 0.15) is 0 Å². The van der Waals surface area contributed by atoms with Crippen molar-refractivity contribution in [1.29, 1.82) is 0 Å². The predicted octanol–water partition coefficient (Wildman–Crippen LogP) is 2.22. The number of hydrogen-bond donors (Lipinski definition) is 0. The lowest BCUT2D eigenvalue weighted by Gasteiger charge is -2.26. The predicted molar refractivity (Wildman–Crippen MR) is 109 cm³/mol. The number of rotatable bonds is 4. The van der Waals surface area contributed by atoms with Crippen molar-refractivity contribution in [2.75, 3.05) is 27.3 Å². The molecule has 1 saturated carbocycles. The fourth-order valence-electron chi connectivity index (χ4n) is 4.97. The molecule has 7 nitrogen and oxygen atoms in total. The summed E-state index contributed by atoms with van der Waals surface area (Å²) in [6.07, 6.45) is 4.36. The van der Waals surface area contributed by atoms with Gasteiger partial charge in [0, 0.05) is 19.0 Å². The number of benzene rings is 1. The maximum absolute atomic E-state index is 13.2. The summed E-state index contributed by atoms with van der Waals surface area (Å²) in [5.41, 5.74) is 1.60. The van der Waals surface area contributed by atoms with E-state index in [0.717, 1.165) is 16.7 Å². The van der Waals surface area contributed by atoms with Crippen LogP contribution in [-0.2, 0) is 29.1 Å².